The van der Waals surface area contributed by atoms with E-state index in [1.165, 1.54) is 0 Å². The predicted molar refractivity (Wildman–Crippen MR) is 74.1 cm³/mol. The molecular formula is C15H24NO2+. The molecule has 0 aliphatic heterocycles. The number of nitrogens with zero attached hydrogens (tertiary/aromatic N) is 1. The van der Waals surface area contributed by atoms with Crippen molar-refractivity contribution < 1.29 is 14.0 Å². The molecule has 1 rings (SSSR count). The second kappa shape index (κ2) is 6.55. The van der Waals surface area contributed by atoms with Gasteiger partial charge in [-0.05, 0) is 45.0 Å². The minimum atomic E-state index is 0.211. The van der Waals surface area contributed by atoms with Crippen LogP contribution in [0.3, 0.4) is 0 Å². The van der Waals surface area contributed by atoms with Gasteiger partial charge in [0.2, 0.25) is 5.78 Å². The number of hydrogen-bond acceptors (Lipinski definition) is 2. The van der Waals surface area contributed by atoms with Crippen molar-refractivity contribution in [1.29, 1.82) is 0 Å². The van der Waals surface area contributed by atoms with Crippen LogP contribution >= 0.6 is 0 Å². The molecule has 100 valence electrons. The van der Waals surface area contributed by atoms with Crippen LogP contribution in [0, 0.1) is 0 Å². The maximum atomic E-state index is 12.3. The lowest BCUT2D eigenvalue weighted by molar-refractivity contribution is -0.915. The molecule has 3 nitrogen and oxygen atoms in total. The van der Waals surface area contributed by atoms with Crippen LogP contribution in [0.2, 0.25) is 0 Å². The molecule has 0 atom stereocenters. The highest BCUT2D eigenvalue weighted by Crippen LogP contribution is 2.14. The van der Waals surface area contributed by atoms with E-state index in [0.717, 1.165) is 35.4 Å². The van der Waals surface area contributed by atoms with Crippen LogP contribution in [-0.4, -0.2) is 43.6 Å². The third kappa shape index (κ3) is 3.33. The fourth-order valence-corrected chi connectivity index (χ4v) is 2.18. The Morgan fingerprint density at radius 3 is 1.94 bits per heavy atom. The number of carbonyl (C=O) groups excluding carboxylic acids is 1. The molecule has 0 bridgehead atoms. The van der Waals surface area contributed by atoms with Gasteiger partial charge in [0, 0.05) is 5.56 Å². The summed E-state index contributed by atoms with van der Waals surface area (Å²) in [5.74, 6) is 0.997. The lowest BCUT2D eigenvalue weighted by atomic mass is 10.1. The van der Waals surface area contributed by atoms with Crippen molar-refractivity contribution >= 4 is 5.78 Å². The Morgan fingerprint density at radius 2 is 1.56 bits per heavy atom. The van der Waals surface area contributed by atoms with E-state index in [0.29, 0.717) is 6.54 Å². The van der Waals surface area contributed by atoms with Gasteiger partial charge in [-0.2, -0.15) is 0 Å². The quantitative estimate of drug-likeness (QED) is 0.549. The first kappa shape index (κ1) is 14.7. The number of methoxy groups -OCH3 is 1. The van der Waals surface area contributed by atoms with E-state index in [-0.39, 0.29) is 5.78 Å². The van der Waals surface area contributed by atoms with Gasteiger partial charge in [-0.15, -0.1) is 0 Å². The van der Waals surface area contributed by atoms with Gasteiger partial charge in [0.15, 0.2) is 0 Å². The Kier molecular flexibility index (Phi) is 5.35. The van der Waals surface area contributed by atoms with Crippen molar-refractivity contribution in [3.8, 4) is 5.75 Å². The maximum absolute atomic E-state index is 12.3. The normalized spacial score (nSPS) is 11.3. The van der Waals surface area contributed by atoms with E-state index in [1.54, 1.807) is 7.11 Å². The Hall–Kier alpha value is -1.35. The molecule has 0 aliphatic carbocycles. The van der Waals surface area contributed by atoms with E-state index in [9.17, 15) is 4.79 Å². The highest BCUT2D eigenvalue weighted by atomic mass is 16.5. The Labute approximate surface area is 110 Å². The SMILES string of the molecule is CC[N+](CC)(CC)CC(=O)c1ccc(OC)cc1. The lowest BCUT2D eigenvalue weighted by Crippen LogP contribution is -2.50. The van der Waals surface area contributed by atoms with Crippen LogP contribution in [0.15, 0.2) is 24.3 Å². The van der Waals surface area contributed by atoms with Crippen molar-refractivity contribution in [2.75, 3.05) is 33.3 Å². The van der Waals surface area contributed by atoms with Gasteiger partial charge >= 0.3 is 0 Å². The molecule has 1 aromatic rings. The standard InChI is InChI=1S/C15H24NO2/c1-5-16(6-2,7-3)12-15(17)13-8-10-14(18-4)11-9-13/h8-11H,5-7,12H2,1-4H3/q+1. The Balaban J connectivity index is 2.80. The fourth-order valence-electron chi connectivity index (χ4n) is 2.18. The molecule has 0 N–H and O–H groups in total. The molecule has 0 amide bonds. The summed E-state index contributed by atoms with van der Waals surface area (Å²) >= 11 is 0. The van der Waals surface area contributed by atoms with Crippen LogP contribution in [0.4, 0.5) is 0 Å². The molecule has 0 fully saturated rings. The summed E-state index contributed by atoms with van der Waals surface area (Å²) in [6.45, 7) is 10.0. The molecule has 3 heteroatoms. The van der Waals surface area contributed by atoms with Crippen LogP contribution in [-0.2, 0) is 0 Å². The molecule has 0 heterocycles. The average Bonchev–Trinajstić information content (AvgIpc) is 2.45. The molecule has 0 radical (unpaired) electrons. The Bertz CT molecular complexity index is 372. The summed E-state index contributed by atoms with van der Waals surface area (Å²) in [5, 5.41) is 0. The second-order valence-electron chi connectivity index (χ2n) is 4.60. The van der Waals surface area contributed by atoms with Gasteiger partial charge < -0.3 is 9.22 Å². The van der Waals surface area contributed by atoms with Crippen molar-refractivity contribution in [2.24, 2.45) is 0 Å². The largest absolute Gasteiger partial charge is 0.497 e. The number of carbonyl (C=O) groups is 1. The predicted octanol–water partition coefficient (Wildman–Crippen LogP) is 2.75. The zero-order valence-corrected chi connectivity index (χ0v) is 11.9. The molecule has 0 saturated heterocycles. The molecule has 0 spiro atoms. The molecule has 0 saturated carbocycles. The smallest absolute Gasteiger partial charge is 0.216 e. The van der Waals surface area contributed by atoms with Crippen molar-refractivity contribution in [3.63, 3.8) is 0 Å². The van der Waals surface area contributed by atoms with Gasteiger partial charge in [0.05, 0.1) is 26.7 Å². The third-order valence-electron chi connectivity index (χ3n) is 3.90. The number of likely N-dealkylation sites (N-methyl/N-ethyl adjacent to an activating group) is 1. The first-order valence-electron chi connectivity index (χ1n) is 6.63. The van der Waals surface area contributed by atoms with Gasteiger partial charge in [-0.3, -0.25) is 4.79 Å². The van der Waals surface area contributed by atoms with E-state index < -0.39 is 0 Å². The number of ketones is 1. The number of quaternary nitrogens is 1. The monoisotopic (exact) mass is 250 g/mol. The maximum Gasteiger partial charge on any atom is 0.216 e. The topological polar surface area (TPSA) is 26.3 Å². The first-order valence-corrected chi connectivity index (χ1v) is 6.63. The highest BCUT2D eigenvalue weighted by Gasteiger charge is 2.25. The summed E-state index contributed by atoms with van der Waals surface area (Å²) in [6.07, 6.45) is 0. The molecule has 0 aromatic heterocycles. The van der Waals surface area contributed by atoms with E-state index in [1.807, 2.05) is 24.3 Å². The van der Waals surface area contributed by atoms with Crippen molar-refractivity contribution in [1.82, 2.24) is 0 Å². The van der Waals surface area contributed by atoms with E-state index >= 15 is 0 Å². The van der Waals surface area contributed by atoms with E-state index in [4.69, 9.17) is 4.74 Å². The highest BCUT2D eigenvalue weighted by molar-refractivity contribution is 5.97. The van der Waals surface area contributed by atoms with Crippen LogP contribution in [0.1, 0.15) is 31.1 Å². The van der Waals surface area contributed by atoms with Crippen molar-refractivity contribution in [2.45, 2.75) is 20.8 Å². The number of hydrogen-bond donors (Lipinski definition) is 0. The fraction of sp³-hybridized carbons (Fsp3) is 0.533. The summed E-state index contributed by atoms with van der Waals surface area (Å²) in [7, 11) is 1.63. The van der Waals surface area contributed by atoms with Gasteiger partial charge in [0.1, 0.15) is 12.3 Å². The van der Waals surface area contributed by atoms with Gasteiger partial charge in [-0.1, -0.05) is 0 Å². The second-order valence-corrected chi connectivity index (χ2v) is 4.60. The third-order valence-corrected chi connectivity index (χ3v) is 3.90. The zero-order valence-electron chi connectivity index (χ0n) is 11.9. The summed E-state index contributed by atoms with van der Waals surface area (Å²) < 4.78 is 5.95. The number of Topliss-reactive ketones (excluding diaryl/α,β-unsaturated/α-hetero) is 1. The van der Waals surface area contributed by atoms with Gasteiger partial charge in [-0.25, -0.2) is 0 Å². The molecule has 1 aromatic carbocycles. The number of benzene rings is 1. The van der Waals surface area contributed by atoms with Crippen LogP contribution in [0.5, 0.6) is 5.75 Å². The van der Waals surface area contributed by atoms with Gasteiger partial charge in [0.25, 0.3) is 0 Å². The summed E-state index contributed by atoms with van der Waals surface area (Å²) in [5.41, 5.74) is 0.772. The minimum absolute atomic E-state index is 0.211. The van der Waals surface area contributed by atoms with Crippen molar-refractivity contribution in [3.05, 3.63) is 29.8 Å². The number of ether oxygens (including phenoxy) is 1. The molecule has 0 aliphatic rings. The van der Waals surface area contributed by atoms with E-state index in [2.05, 4.69) is 20.8 Å². The average molecular weight is 250 g/mol. The zero-order chi connectivity index (χ0) is 13.6. The number of rotatable bonds is 7. The minimum Gasteiger partial charge on any atom is -0.497 e. The summed E-state index contributed by atoms with van der Waals surface area (Å²) in [4.78, 5) is 12.3. The first-order chi connectivity index (χ1) is 8.60. The summed E-state index contributed by atoms with van der Waals surface area (Å²) in [6, 6.07) is 7.37. The van der Waals surface area contributed by atoms with Crippen LogP contribution in [0.25, 0.3) is 0 Å². The van der Waals surface area contributed by atoms with Crippen LogP contribution < -0.4 is 4.74 Å². The Morgan fingerprint density at radius 1 is 1.06 bits per heavy atom. The lowest BCUT2D eigenvalue weighted by Gasteiger charge is -2.35. The molecular weight excluding hydrogens is 226 g/mol. The molecule has 0 unspecified atom stereocenters. The molecule has 18 heavy (non-hydrogen) atoms.